The number of carbonyl (C=O) groups is 1. The second kappa shape index (κ2) is 5.90. The molecule has 2 heterocycles. The molecule has 0 atom stereocenters. The van der Waals surface area contributed by atoms with Crippen molar-refractivity contribution in [3.8, 4) is 0 Å². The van der Waals surface area contributed by atoms with E-state index >= 15 is 0 Å². The zero-order valence-corrected chi connectivity index (χ0v) is 12.1. The van der Waals surface area contributed by atoms with Crippen molar-refractivity contribution in [3.05, 3.63) is 42.2 Å². The first-order valence-corrected chi connectivity index (χ1v) is 7.03. The number of rotatable bonds is 1. The summed E-state index contributed by atoms with van der Waals surface area (Å²) in [4.78, 5) is 16.7. The Kier molecular flexibility index (Phi) is 3.93. The Morgan fingerprint density at radius 3 is 2.04 bits per heavy atom. The molecule has 6 nitrogen and oxygen atoms in total. The number of carbonyl (C=O) groups excluding carboxylic acids is 1. The smallest absolute Gasteiger partial charge is 0.368 e. The summed E-state index contributed by atoms with van der Waals surface area (Å²) in [5, 5.41) is 7.59. The van der Waals surface area contributed by atoms with Gasteiger partial charge in [-0.1, -0.05) is 4.80 Å². The van der Waals surface area contributed by atoms with E-state index in [1.165, 1.54) is 24.5 Å². The zero-order valence-electron chi connectivity index (χ0n) is 12.1. The molecule has 1 aromatic carbocycles. The quantitative estimate of drug-likeness (QED) is 0.806. The van der Waals surface area contributed by atoms with Crippen molar-refractivity contribution in [1.29, 1.82) is 0 Å². The fourth-order valence-corrected chi connectivity index (χ4v) is 2.46. The first-order chi connectivity index (χ1) is 10.9. The predicted molar refractivity (Wildman–Crippen MR) is 76.0 cm³/mol. The van der Waals surface area contributed by atoms with Crippen LogP contribution in [0.2, 0.25) is 0 Å². The van der Waals surface area contributed by atoms with Crippen molar-refractivity contribution in [2.24, 2.45) is 0 Å². The van der Waals surface area contributed by atoms with E-state index in [2.05, 4.69) is 10.2 Å². The van der Waals surface area contributed by atoms with Crippen molar-refractivity contribution in [2.45, 2.75) is 6.18 Å². The number of hydrogen-bond acceptors (Lipinski definition) is 4. The highest BCUT2D eigenvalue weighted by Gasteiger charge is 2.30. The molecule has 0 unspecified atom stereocenters. The van der Waals surface area contributed by atoms with E-state index in [1.807, 2.05) is 4.90 Å². The standard InChI is InChI=1S/C14H14F3N5O/c15-14(16,17)11-1-3-12(4-2-11)20-7-9-21(10-8-20)13(23)22-18-5-6-19-22/h1-6H,7-10H2. The average molecular weight is 325 g/mol. The molecule has 1 aromatic heterocycles. The number of benzene rings is 1. The van der Waals surface area contributed by atoms with Gasteiger partial charge in [-0.05, 0) is 24.3 Å². The molecule has 0 aliphatic carbocycles. The number of hydrogen-bond donors (Lipinski definition) is 0. The van der Waals surface area contributed by atoms with E-state index in [4.69, 9.17) is 0 Å². The van der Waals surface area contributed by atoms with Gasteiger partial charge in [0.1, 0.15) is 0 Å². The highest BCUT2D eigenvalue weighted by molar-refractivity contribution is 5.75. The number of alkyl halides is 3. The summed E-state index contributed by atoms with van der Waals surface area (Å²) in [6, 6.07) is 4.74. The lowest BCUT2D eigenvalue weighted by molar-refractivity contribution is -0.137. The molecule has 0 saturated carbocycles. The van der Waals surface area contributed by atoms with Gasteiger partial charge in [-0.3, -0.25) is 0 Å². The third-order valence-electron chi connectivity index (χ3n) is 3.70. The summed E-state index contributed by atoms with van der Waals surface area (Å²) in [7, 11) is 0. The summed E-state index contributed by atoms with van der Waals surface area (Å²) in [5.41, 5.74) is 0.0436. The van der Waals surface area contributed by atoms with E-state index in [1.54, 1.807) is 4.90 Å². The van der Waals surface area contributed by atoms with Crippen LogP contribution in [-0.4, -0.2) is 52.1 Å². The first-order valence-electron chi connectivity index (χ1n) is 7.03. The van der Waals surface area contributed by atoms with E-state index < -0.39 is 11.7 Å². The molecule has 1 amide bonds. The van der Waals surface area contributed by atoms with Crippen LogP contribution in [0.3, 0.4) is 0 Å². The Morgan fingerprint density at radius 1 is 0.957 bits per heavy atom. The highest BCUT2D eigenvalue weighted by atomic mass is 19.4. The Hall–Kier alpha value is -2.58. The summed E-state index contributed by atoms with van der Waals surface area (Å²) in [6.45, 7) is 2.00. The van der Waals surface area contributed by atoms with E-state index in [0.29, 0.717) is 31.9 Å². The Balaban J connectivity index is 1.62. The molecule has 0 bridgehead atoms. The molecule has 3 rings (SSSR count). The Morgan fingerprint density at radius 2 is 1.52 bits per heavy atom. The molecule has 122 valence electrons. The number of anilines is 1. The van der Waals surface area contributed by atoms with Gasteiger partial charge < -0.3 is 9.80 Å². The molecule has 1 aliphatic rings. The van der Waals surface area contributed by atoms with Crippen LogP contribution in [0.1, 0.15) is 5.56 Å². The maximum absolute atomic E-state index is 12.6. The molecular weight excluding hydrogens is 311 g/mol. The topological polar surface area (TPSA) is 54.3 Å². The van der Waals surface area contributed by atoms with Gasteiger partial charge in [0.05, 0.1) is 18.0 Å². The molecule has 1 saturated heterocycles. The Bertz CT molecular complexity index is 661. The Labute approximate surface area is 130 Å². The molecule has 23 heavy (non-hydrogen) atoms. The number of halogens is 3. The van der Waals surface area contributed by atoms with Gasteiger partial charge in [-0.25, -0.2) is 4.79 Å². The second-order valence-corrected chi connectivity index (χ2v) is 5.12. The van der Waals surface area contributed by atoms with Gasteiger partial charge in [0, 0.05) is 31.9 Å². The summed E-state index contributed by atoms with van der Waals surface area (Å²) in [5.74, 6) is 0. The monoisotopic (exact) mass is 325 g/mol. The highest BCUT2D eigenvalue weighted by Crippen LogP contribution is 2.30. The molecule has 9 heteroatoms. The van der Waals surface area contributed by atoms with Crippen molar-refractivity contribution < 1.29 is 18.0 Å². The number of nitrogens with zero attached hydrogens (tertiary/aromatic N) is 5. The minimum absolute atomic E-state index is 0.304. The lowest BCUT2D eigenvalue weighted by atomic mass is 10.1. The van der Waals surface area contributed by atoms with Crippen LogP contribution in [0.4, 0.5) is 23.7 Å². The molecular formula is C14H14F3N5O. The maximum Gasteiger partial charge on any atom is 0.416 e. The summed E-state index contributed by atoms with van der Waals surface area (Å²) in [6.07, 6.45) is -1.48. The molecule has 2 aromatic rings. The third kappa shape index (κ3) is 3.27. The molecule has 0 radical (unpaired) electrons. The summed E-state index contributed by atoms with van der Waals surface area (Å²) < 4.78 is 37.7. The second-order valence-electron chi connectivity index (χ2n) is 5.12. The van der Waals surface area contributed by atoms with Crippen LogP contribution in [-0.2, 0) is 6.18 Å². The minimum atomic E-state index is -4.33. The van der Waals surface area contributed by atoms with Crippen LogP contribution in [0, 0.1) is 0 Å². The van der Waals surface area contributed by atoms with Gasteiger partial charge in [0.2, 0.25) is 0 Å². The van der Waals surface area contributed by atoms with Crippen LogP contribution < -0.4 is 4.90 Å². The fraction of sp³-hybridized carbons (Fsp3) is 0.357. The lowest BCUT2D eigenvalue weighted by Crippen LogP contribution is -2.50. The number of piperazine rings is 1. The first kappa shape index (κ1) is 15.3. The molecule has 0 N–H and O–H groups in total. The number of aromatic nitrogens is 3. The minimum Gasteiger partial charge on any atom is -0.368 e. The average Bonchev–Trinajstić information content (AvgIpc) is 3.08. The van der Waals surface area contributed by atoms with Crippen LogP contribution >= 0.6 is 0 Å². The van der Waals surface area contributed by atoms with Gasteiger partial charge in [-0.2, -0.15) is 23.4 Å². The zero-order chi connectivity index (χ0) is 16.4. The lowest BCUT2D eigenvalue weighted by Gasteiger charge is -2.35. The third-order valence-corrected chi connectivity index (χ3v) is 3.70. The molecule has 1 fully saturated rings. The largest absolute Gasteiger partial charge is 0.416 e. The predicted octanol–water partition coefficient (Wildman–Crippen LogP) is 2.09. The van der Waals surface area contributed by atoms with E-state index in [0.717, 1.165) is 16.9 Å². The van der Waals surface area contributed by atoms with Crippen LogP contribution in [0.5, 0.6) is 0 Å². The summed E-state index contributed by atoms with van der Waals surface area (Å²) >= 11 is 0. The molecule has 0 spiro atoms. The van der Waals surface area contributed by atoms with Gasteiger partial charge in [0.15, 0.2) is 0 Å². The normalized spacial score (nSPS) is 15.8. The van der Waals surface area contributed by atoms with Crippen molar-refractivity contribution in [1.82, 2.24) is 19.9 Å². The van der Waals surface area contributed by atoms with Crippen LogP contribution in [0.25, 0.3) is 0 Å². The SMILES string of the molecule is O=C(N1CCN(c2ccc(C(F)(F)F)cc2)CC1)n1nccn1. The van der Waals surface area contributed by atoms with Gasteiger partial charge >= 0.3 is 12.2 Å². The van der Waals surface area contributed by atoms with Crippen molar-refractivity contribution in [3.63, 3.8) is 0 Å². The van der Waals surface area contributed by atoms with Gasteiger partial charge in [-0.15, -0.1) is 0 Å². The van der Waals surface area contributed by atoms with Crippen molar-refractivity contribution >= 4 is 11.7 Å². The van der Waals surface area contributed by atoms with Crippen molar-refractivity contribution in [2.75, 3.05) is 31.1 Å². The fourth-order valence-electron chi connectivity index (χ4n) is 2.46. The maximum atomic E-state index is 12.6. The number of amides is 1. The molecule has 1 aliphatic heterocycles. The van der Waals surface area contributed by atoms with Crippen LogP contribution in [0.15, 0.2) is 36.7 Å². The van der Waals surface area contributed by atoms with E-state index in [9.17, 15) is 18.0 Å². The van der Waals surface area contributed by atoms with E-state index in [-0.39, 0.29) is 6.03 Å². The van der Waals surface area contributed by atoms with Gasteiger partial charge in [0.25, 0.3) is 0 Å².